The molecule has 0 radical (unpaired) electrons. The van der Waals surface area contributed by atoms with E-state index in [9.17, 15) is 0 Å². The van der Waals surface area contributed by atoms with Gasteiger partial charge < -0.3 is 5.73 Å². The van der Waals surface area contributed by atoms with Gasteiger partial charge >= 0.3 is 0 Å². The smallest absolute Gasteiger partial charge is 0.0905 e. The molecule has 90 valence electrons. The van der Waals surface area contributed by atoms with Crippen molar-refractivity contribution in [2.24, 2.45) is 22.6 Å². The fraction of sp³-hybridized carbons (Fsp3) is 0.923. The quantitative estimate of drug-likeness (QED) is 0.563. The van der Waals surface area contributed by atoms with Gasteiger partial charge in [-0.2, -0.15) is 0 Å². The van der Waals surface area contributed by atoms with Crippen molar-refractivity contribution in [1.82, 2.24) is 0 Å². The molecule has 15 heavy (non-hydrogen) atoms. The van der Waals surface area contributed by atoms with Gasteiger partial charge in [-0.15, -0.1) is 0 Å². The van der Waals surface area contributed by atoms with Crippen molar-refractivity contribution < 1.29 is 0 Å². The van der Waals surface area contributed by atoms with E-state index >= 15 is 0 Å². The maximum atomic E-state index is 5.51. The Bertz CT molecular complexity index is 163. The van der Waals surface area contributed by atoms with Crippen LogP contribution in [0.4, 0.5) is 0 Å². The molecule has 0 unspecified atom stereocenters. The number of nitrogens with two attached hydrogens (primary N) is 1. The normalized spacial score (nSPS) is 26.8. The maximum Gasteiger partial charge on any atom is 0.0905 e. The molecule has 0 atom stereocenters. The molecule has 1 aliphatic carbocycles. The number of hydrogen-bond acceptors (Lipinski definition) is 1. The average molecular weight is 212 g/mol. The molecule has 0 bridgehead atoms. The minimum Gasteiger partial charge on any atom is -0.388 e. The van der Waals surface area contributed by atoms with Crippen molar-refractivity contribution in [3.63, 3.8) is 0 Å². The van der Waals surface area contributed by atoms with E-state index in [0.717, 1.165) is 24.2 Å². The van der Waals surface area contributed by atoms with Crippen molar-refractivity contribution in [2.45, 2.75) is 59.8 Å². The molecule has 0 aliphatic heterocycles. The standard InChI is InChI=1S/C11H22N2.C2H6/c1-3-10-4-6-11(7-5-10)8-13-9(2)12;1-2/h10-11H,3-8H2,1-2H3,(H2,12,13);1-2H3. The second-order valence-corrected chi connectivity index (χ2v) is 4.28. The Balaban J connectivity index is 0.000000921. The Morgan fingerprint density at radius 1 is 1.13 bits per heavy atom. The second-order valence-electron chi connectivity index (χ2n) is 4.28. The summed E-state index contributed by atoms with van der Waals surface area (Å²) in [5.41, 5.74) is 5.51. The molecule has 2 nitrogen and oxygen atoms in total. The highest BCUT2D eigenvalue weighted by Crippen LogP contribution is 2.30. The highest BCUT2D eigenvalue weighted by molar-refractivity contribution is 5.77. The second kappa shape index (κ2) is 8.75. The van der Waals surface area contributed by atoms with Gasteiger partial charge in [-0.3, -0.25) is 4.99 Å². The minimum atomic E-state index is 0.734. The lowest BCUT2D eigenvalue weighted by Gasteiger charge is -2.26. The molecule has 0 amide bonds. The monoisotopic (exact) mass is 212 g/mol. The number of hydrogen-bond donors (Lipinski definition) is 1. The predicted molar refractivity (Wildman–Crippen MR) is 69.3 cm³/mol. The van der Waals surface area contributed by atoms with Crippen LogP contribution in [0.5, 0.6) is 0 Å². The van der Waals surface area contributed by atoms with Gasteiger partial charge in [0.25, 0.3) is 0 Å². The molecule has 0 aromatic carbocycles. The van der Waals surface area contributed by atoms with E-state index in [1.165, 1.54) is 32.1 Å². The summed E-state index contributed by atoms with van der Waals surface area (Å²) >= 11 is 0. The Labute approximate surface area is 95.4 Å². The van der Waals surface area contributed by atoms with Gasteiger partial charge in [-0.25, -0.2) is 0 Å². The molecule has 0 aromatic heterocycles. The fourth-order valence-electron chi connectivity index (χ4n) is 2.10. The van der Waals surface area contributed by atoms with E-state index < -0.39 is 0 Å². The van der Waals surface area contributed by atoms with Crippen molar-refractivity contribution in [1.29, 1.82) is 0 Å². The van der Waals surface area contributed by atoms with E-state index in [1.54, 1.807) is 0 Å². The molecular weight excluding hydrogens is 184 g/mol. The predicted octanol–water partition coefficient (Wildman–Crippen LogP) is 3.61. The van der Waals surface area contributed by atoms with Crippen LogP contribution in [0.15, 0.2) is 4.99 Å². The van der Waals surface area contributed by atoms with Crippen LogP contribution in [-0.4, -0.2) is 12.4 Å². The highest BCUT2D eigenvalue weighted by atomic mass is 14.8. The van der Waals surface area contributed by atoms with Crippen LogP contribution in [0, 0.1) is 11.8 Å². The lowest BCUT2D eigenvalue weighted by atomic mass is 9.81. The zero-order chi connectivity index (χ0) is 11.7. The van der Waals surface area contributed by atoms with Crippen LogP contribution in [0.1, 0.15) is 59.8 Å². The number of amidine groups is 1. The molecule has 1 fully saturated rings. The first kappa shape index (κ1) is 14.5. The number of rotatable bonds is 3. The van der Waals surface area contributed by atoms with Gasteiger partial charge in [-0.1, -0.05) is 40.0 Å². The van der Waals surface area contributed by atoms with Crippen molar-refractivity contribution >= 4 is 5.84 Å². The molecule has 1 aliphatic rings. The van der Waals surface area contributed by atoms with Gasteiger partial charge in [0.2, 0.25) is 0 Å². The zero-order valence-corrected chi connectivity index (χ0v) is 10.9. The summed E-state index contributed by atoms with van der Waals surface area (Å²) in [6.07, 6.45) is 6.87. The third-order valence-corrected chi connectivity index (χ3v) is 3.14. The number of aliphatic imine (C=N–C) groups is 1. The molecule has 1 saturated carbocycles. The molecule has 0 heterocycles. The fourth-order valence-corrected chi connectivity index (χ4v) is 2.10. The van der Waals surface area contributed by atoms with E-state index in [-0.39, 0.29) is 0 Å². The summed E-state index contributed by atoms with van der Waals surface area (Å²) in [7, 11) is 0. The van der Waals surface area contributed by atoms with Gasteiger partial charge in [-0.05, 0) is 31.6 Å². The van der Waals surface area contributed by atoms with E-state index in [2.05, 4.69) is 11.9 Å². The van der Waals surface area contributed by atoms with Crippen LogP contribution in [0.2, 0.25) is 0 Å². The molecule has 1 rings (SSSR count). The Morgan fingerprint density at radius 3 is 2.00 bits per heavy atom. The van der Waals surface area contributed by atoms with Gasteiger partial charge in [0.15, 0.2) is 0 Å². The van der Waals surface area contributed by atoms with E-state index in [1.807, 2.05) is 20.8 Å². The molecule has 2 N–H and O–H groups in total. The maximum absolute atomic E-state index is 5.51. The van der Waals surface area contributed by atoms with Crippen molar-refractivity contribution in [3.8, 4) is 0 Å². The molecular formula is C13H28N2. The first-order valence-corrected chi connectivity index (χ1v) is 6.49. The number of nitrogens with zero attached hydrogens (tertiary/aromatic N) is 1. The summed E-state index contributed by atoms with van der Waals surface area (Å²) in [6, 6.07) is 0. The van der Waals surface area contributed by atoms with Crippen molar-refractivity contribution in [3.05, 3.63) is 0 Å². The summed E-state index contributed by atoms with van der Waals surface area (Å²) < 4.78 is 0. The lowest BCUT2D eigenvalue weighted by molar-refractivity contribution is 0.274. The minimum absolute atomic E-state index is 0.734. The Hall–Kier alpha value is -0.530. The van der Waals surface area contributed by atoms with Crippen LogP contribution < -0.4 is 5.73 Å². The first-order chi connectivity index (χ1) is 7.22. The van der Waals surface area contributed by atoms with Gasteiger partial charge in [0.1, 0.15) is 0 Å². The van der Waals surface area contributed by atoms with Crippen LogP contribution in [0.3, 0.4) is 0 Å². The summed E-state index contributed by atoms with van der Waals surface area (Å²) in [4.78, 5) is 4.29. The SMILES string of the molecule is CC.CCC1CCC(CN=C(C)N)CC1. The highest BCUT2D eigenvalue weighted by Gasteiger charge is 2.19. The zero-order valence-electron chi connectivity index (χ0n) is 10.9. The van der Waals surface area contributed by atoms with Crippen LogP contribution >= 0.6 is 0 Å². The largest absolute Gasteiger partial charge is 0.388 e. The summed E-state index contributed by atoms with van der Waals surface area (Å²) in [6.45, 7) is 9.13. The van der Waals surface area contributed by atoms with Gasteiger partial charge in [0.05, 0.1) is 5.84 Å². The van der Waals surface area contributed by atoms with Crippen LogP contribution in [0.25, 0.3) is 0 Å². The first-order valence-electron chi connectivity index (χ1n) is 6.49. The topological polar surface area (TPSA) is 38.4 Å². The Morgan fingerprint density at radius 2 is 1.60 bits per heavy atom. The van der Waals surface area contributed by atoms with Crippen molar-refractivity contribution in [2.75, 3.05) is 6.54 Å². The molecule has 0 spiro atoms. The van der Waals surface area contributed by atoms with Crippen LogP contribution in [-0.2, 0) is 0 Å². The lowest BCUT2D eigenvalue weighted by Crippen LogP contribution is -2.17. The third-order valence-electron chi connectivity index (χ3n) is 3.14. The average Bonchev–Trinajstić information content (AvgIpc) is 2.30. The third kappa shape index (κ3) is 6.53. The summed E-state index contributed by atoms with van der Waals surface area (Å²) in [5, 5.41) is 0. The molecule has 0 saturated heterocycles. The van der Waals surface area contributed by atoms with Gasteiger partial charge in [0, 0.05) is 6.54 Å². The Kier molecular flexibility index (Phi) is 8.44. The molecule has 0 aromatic rings. The summed E-state index contributed by atoms with van der Waals surface area (Å²) in [5.74, 6) is 2.53. The van der Waals surface area contributed by atoms with E-state index in [4.69, 9.17) is 5.73 Å². The molecule has 2 heteroatoms. The van der Waals surface area contributed by atoms with E-state index in [0.29, 0.717) is 0 Å².